The van der Waals surface area contributed by atoms with E-state index in [1.165, 1.54) is 0 Å². The number of carbonyl (C=O) groups is 1. The van der Waals surface area contributed by atoms with Gasteiger partial charge in [-0.1, -0.05) is 36.8 Å². The highest BCUT2D eigenvalue weighted by Gasteiger charge is 2.47. The Hall–Kier alpha value is -1.43. The van der Waals surface area contributed by atoms with Gasteiger partial charge in [-0.2, -0.15) is 0 Å². The molecule has 3 rings (SSSR count). The predicted octanol–water partition coefficient (Wildman–Crippen LogP) is 1.18. The molecule has 1 amide bonds. The Bertz CT molecular complexity index is 566. The largest absolute Gasteiger partial charge is 0.390 e. The monoisotopic (exact) mass is 345 g/mol. The van der Waals surface area contributed by atoms with Gasteiger partial charge in [0.05, 0.1) is 11.5 Å². The second-order valence-corrected chi connectivity index (χ2v) is 7.75. The Balaban J connectivity index is 1.56. The number of nitrogens with zero attached hydrogens (tertiary/aromatic N) is 3. The molecule has 5 heteroatoms. The van der Waals surface area contributed by atoms with Crippen molar-refractivity contribution in [3.63, 3.8) is 0 Å². The van der Waals surface area contributed by atoms with Crippen LogP contribution in [0.15, 0.2) is 30.3 Å². The first-order valence-corrected chi connectivity index (χ1v) is 9.41. The number of aliphatic hydroxyl groups is 1. The number of amides is 1. The minimum Gasteiger partial charge on any atom is -0.390 e. The second-order valence-electron chi connectivity index (χ2n) is 7.75. The summed E-state index contributed by atoms with van der Waals surface area (Å²) in [5.41, 5.74) is 0.746. The Morgan fingerprint density at radius 2 is 1.84 bits per heavy atom. The van der Waals surface area contributed by atoms with E-state index in [2.05, 4.69) is 29.0 Å². The van der Waals surface area contributed by atoms with Gasteiger partial charge in [-0.05, 0) is 25.5 Å². The molecule has 1 aliphatic carbocycles. The molecular formula is C20H31N3O2. The normalized spacial score (nSPS) is 22.2. The van der Waals surface area contributed by atoms with Crippen LogP contribution in [0.25, 0.3) is 0 Å². The number of benzene rings is 1. The highest BCUT2D eigenvalue weighted by Crippen LogP contribution is 2.44. The maximum absolute atomic E-state index is 13.1. The van der Waals surface area contributed by atoms with Crippen LogP contribution < -0.4 is 0 Å². The predicted molar refractivity (Wildman–Crippen MR) is 99.6 cm³/mol. The molecule has 1 heterocycles. The number of hydrogen-bond acceptors (Lipinski definition) is 4. The molecule has 138 valence electrons. The van der Waals surface area contributed by atoms with Gasteiger partial charge in [0, 0.05) is 46.3 Å². The van der Waals surface area contributed by atoms with E-state index >= 15 is 0 Å². The number of piperazine rings is 1. The van der Waals surface area contributed by atoms with Crippen molar-refractivity contribution in [2.24, 2.45) is 0 Å². The van der Waals surface area contributed by atoms with E-state index in [9.17, 15) is 9.90 Å². The molecule has 0 bridgehead atoms. The molecule has 0 spiro atoms. The zero-order chi connectivity index (χ0) is 17.9. The number of carbonyl (C=O) groups excluding carboxylic acids is 1. The topological polar surface area (TPSA) is 47.0 Å². The number of aliphatic hydroxyl groups excluding tert-OH is 1. The van der Waals surface area contributed by atoms with E-state index in [0.717, 1.165) is 51.0 Å². The zero-order valence-corrected chi connectivity index (χ0v) is 15.5. The zero-order valence-electron chi connectivity index (χ0n) is 15.5. The number of rotatable bonds is 6. The Morgan fingerprint density at radius 3 is 2.40 bits per heavy atom. The van der Waals surface area contributed by atoms with E-state index in [1.807, 2.05) is 25.2 Å². The summed E-state index contributed by atoms with van der Waals surface area (Å²) in [5.74, 6) is 0.155. The molecule has 1 aliphatic heterocycles. The van der Waals surface area contributed by atoms with Crippen LogP contribution in [0.1, 0.15) is 24.8 Å². The van der Waals surface area contributed by atoms with Crippen molar-refractivity contribution in [3.8, 4) is 0 Å². The lowest BCUT2D eigenvalue weighted by Gasteiger charge is -2.43. The van der Waals surface area contributed by atoms with Gasteiger partial charge in [0.25, 0.3) is 0 Å². The van der Waals surface area contributed by atoms with Crippen LogP contribution in [0.4, 0.5) is 0 Å². The molecule has 0 radical (unpaired) electrons. The summed E-state index contributed by atoms with van der Waals surface area (Å²) < 4.78 is 0. The quantitative estimate of drug-likeness (QED) is 0.841. The highest BCUT2D eigenvalue weighted by atomic mass is 16.3. The van der Waals surface area contributed by atoms with Gasteiger partial charge in [-0.3, -0.25) is 9.69 Å². The van der Waals surface area contributed by atoms with Gasteiger partial charge < -0.3 is 14.9 Å². The fraction of sp³-hybridized carbons (Fsp3) is 0.650. The molecule has 0 aromatic heterocycles. The van der Waals surface area contributed by atoms with E-state index in [0.29, 0.717) is 13.1 Å². The van der Waals surface area contributed by atoms with Crippen molar-refractivity contribution in [1.29, 1.82) is 0 Å². The van der Waals surface area contributed by atoms with Crippen molar-refractivity contribution in [2.45, 2.75) is 30.8 Å². The molecule has 1 atom stereocenters. The first-order chi connectivity index (χ1) is 12.0. The Labute approximate surface area is 151 Å². The summed E-state index contributed by atoms with van der Waals surface area (Å²) in [7, 11) is 3.96. The lowest BCUT2D eigenvalue weighted by atomic mass is 9.63. The number of β-amino-alcohol motifs (C(OH)–C–C–N with tert-alkyl or cyclic N) is 1. The average molecular weight is 345 g/mol. The van der Waals surface area contributed by atoms with Crippen molar-refractivity contribution in [3.05, 3.63) is 35.9 Å². The molecule has 5 nitrogen and oxygen atoms in total. The van der Waals surface area contributed by atoms with Crippen LogP contribution in [0.5, 0.6) is 0 Å². The standard InChI is InChI=1S/C20H31N3O2/c1-21-11-13-23(14-12-21)16-18(24)15-22(2)19(25)20(9-6-10-20)17-7-4-3-5-8-17/h3-5,7-8,18,24H,6,9-16H2,1-2H3. The van der Waals surface area contributed by atoms with Gasteiger partial charge in [0.2, 0.25) is 5.91 Å². The molecule has 1 unspecified atom stereocenters. The van der Waals surface area contributed by atoms with Gasteiger partial charge in [0.15, 0.2) is 0 Å². The summed E-state index contributed by atoms with van der Waals surface area (Å²) in [6.45, 7) is 5.10. The molecule has 1 aromatic rings. The Morgan fingerprint density at radius 1 is 1.20 bits per heavy atom. The fourth-order valence-electron chi connectivity index (χ4n) is 4.06. The van der Waals surface area contributed by atoms with E-state index in [4.69, 9.17) is 0 Å². The number of hydrogen-bond donors (Lipinski definition) is 1. The molecule has 2 aliphatic rings. The van der Waals surface area contributed by atoms with E-state index in [1.54, 1.807) is 4.90 Å². The first-order valence-electron chi connectivity index (χ1n) is 9.41. The van der Waals surface area contributed by atoms with Crippen LogP contribution in [0.2, 0.25) is 0 Å². The van der Waals surface area contributed by atoms with Crippen LogP contribution >= 0.6 is 0 Å². The third-order valence-corrected chi connectivity index (χ3v) is 5.84. The molecular weight excluding hydrogens is 314 g/mol. The van der Waals surface area contributed by atoms with Crippen molar-refractivity contribution >= 4 is 5.91 Å². The van der Waals surface area contributed by atoms with Crippen LogP contribution in [0, 0.1) is 0 Å². The number of likely N-dealkylation sites (N-methyl/N-ethyl adjacent to an activating group) is 2. The summed E-state index contributed by atoms with van der Waals surface area (Å²) in [6, 6.07) is 10.1. The smallest absolute Gasteiger partial charge is 0.233 e. The maximum Gasteiger partial charge on any atom is 0.233 e. The third-order valence-electron chi connectivity index (χ3n) is 5.84. The van der Waals surface area contributed by atoms with E-state index < -0.39 is 6.10 Å². The van der Waals surface area contributed by atoms with Gasteiger partial charge in [-0.15, -0.1) is 0 Å². The summed E-state index contributed by atoms with van der Waals surface area (Å²) in [6.07, 6.45) is 2.42. The lowest BCUT2D eigenvalue weighted by Crippen LogP contribution is -2.53. The third kappa shape index (κ3) is 4.05. The fourth-order valence-corrected chi connectivity index (χ4v) is 4.06. The molecule has 1 aromatic carbocycles. The molecule has 25 heavy (non-hydrogen) atoms. The Kier molecular flexibility index (Phi) is 5.77. The highest BCUT2D eigenvalue weighted by molar-refractivity contribution is 5.89. The average Bonchev–Trinajstić information content (AvgIpc) is 2.57. The second kappa shape index (κ2) is 7.85. The van der Waals surface area contributed by atoms with Crippen molar-refractivity contribution in [2.75, 3.05) is 53.4 Å². The summed E-state index contributed by atoms with van der Waals surface area (Å²) >= 11 is 0. The van der Waals surface area contributed by atoms with Crippen LogP contribution in [0.3, 0.4) is 0 Å². The summed E-state index contributed by atoms with van der Waals surface area (Å²) in [5, 5.41) is 10.5. The van der Waals surface area contributed by atoms with Crippen molar-refractivity contribution < 1.29 is 9.90 Å². The van der Waals surface area contributed by atoms with Gasteiger partial charge >= 0.3 is 0 Å². The molecule has 1 saturated heterocycles. The van der Waals surface area contributed by atoms with Crippen LogP contribution in [-0.4, -0.2) is 85.2 Å². The SMILES string of the molecule is CN1CCN(CC(O)CN(C)C(=O)C2(c3ccccc3)CCC2)CC1. The maximum atomic E-state index is 13.1. The molecule has 2 fully saturated rings. The minimum atomic E-state index is -0.495. The lowest BCUT2D eigenvalue weighted by molar-refractivity contribution is -0.141. The minimum absolute atomic E-state index is 0.155. The summed E-state index contributed by atoms with van der Waals surface area (Å²) in [4.78, 5) is 19.5. The van der Waals surface area contributed by atoms with E-state index in [-0.39, 0.29) is 11.3 Å². The van der Waals surface area contributed by atoms with Gasteiger partial charge in [0.1, 0.15) is 0 Å². The van der Waals surface area contributed by atoms with Crippen molar-refractivity contribution in [1.82, 2.24) is 14.7 Å². The molecule has 1 saturated carbocycles. The molecule has 1 N–H and O–H groups in total. The van der Waals surface area contributed by atoms with Crippen LogP contribution in [-0.2, 0) is 10.2 Å². The first kappa shape index (κ1) is 18.4. The van der Waals surface area contributed by atoms with Gasteiger partial charge in [-0.25, -0.2) is 0 Å².